The van der Waals surface area contributed by atoms with Crippen LogP contribution in [0.15, 0.2) is 36.4 Å². The zero-order chi connectivity index (χ0) is 17.5. The van der Waals surface area contributed by atoms with Crippen molar-refractivity contribution in [2.75, 3.05) is 27.4 Å². The lowest BCUT2D eigenvalue weighted by Gasteiger charge is -2.12. The van der Waals surface area contributed by atoms with Crippen molar-refractivity contribution >= 4 is 40.1 Å². The lowest BCUT2D eigenvalue weighted by Crippen LogP contribution is -2.28. The van der Waals surface area contributed by atoms with E-state index in [0.717, 1.165) is 3.57 Å². The van der Waals surface area contributed by atoms with Gasteiger partial charge in [0.2, 0.25) is 0 Å². The van der Waals surface area contributed by atoms with Crippen LogP contribution in [0.25, 0.3) is 0 Å². The summed E-state index contributed by atoms with van der Waals surface area (Å²) >= 11 is 7.98. The average Bonchev–Trinajstić information content (AvgIpc) is 2.58. The molecule has 1 amide bonds. The molecule has 2 rings (SSSR count). The van der Waals surface area contributed by atoms with E-state index < -0.39 is 0 Å². The van der Waals surface area contributed by atoms with Crippen LogP contribution in [0.5, 0.6) is 17.2 Å². The van der Waals surface area contributed by atoms with Crippen molar-refractivity contribution in [2.24, 2.45) is 0 Å². The fraction of sp³-hybridized carbons (Fsp3) is 0.235. The van der Waals surface area contributed by atoms with Gasteiger partial charge in [-0.2, -0.15) is 0 Å². The molecule has 0 spiro atoms. The standard InChI is InChI=1S/C17H17ClINO4/c1-22-15-9-13(14(19)10-16(15)23-2)17(21)20-6-7-24-12-5-3-4-11(18)8-12/h3-5,8-10H,6-7H2,1-2H3,(H,20,21). The second-order valence-electron chi connectivity index (χ2n) is 4.75. The summed E-state index contributed by atoms with van der Waals surface area (Å²) < 4.78 is 16.8. The SMILES string of the molecule is COc1cc(I)c(C(=O)NCCOc2cccc(Cl)c2)cc1OC. The second-order valence-corrected chi connectivity index (χ2v) is 6.35. The van der Waals surface area contributed by atoms with Gasteiger partial charge in [-0.05, 0) is 52.9 Å². The Labute approximate surface area is 159 Å². The highest BCUT2D eigenvalue weighted by atomic mass is 127. The number of carbonyl (C=O) groups excluding carboxylic acids is 1. The van der Waals surface area contributed by atoms with E-state index in [1.807, 2.05) is 12.1 Å². The van der Waals surface area contributed by atoms with Crippen molar-refractivity contribution in [1.29, 1.82) is 0 Å². The fourth-order valence-electron chi connectivity index (χ4n) is 2.01. The number of halogens is 2. The molecule has 1 N–H and O–H groups in total. The number of methoxy groups -OCH3 is 2. The molecule has 0 heterocycles. The Kier molecular flexibility index (Phi) is 6.99. The van der Waals surface area contributed by atoms with E-state index in [9.17, 15) is 4.79 Å². The highest BCUT2D eigenvalue weighted by Gasteiger charge is 2.15. The monoisotopic (exact) mass is 461 g/mol. The van der Waals surface area contributed by atoms with Gasteiger partial charge < -0.3 is 19.5 Å². The van der Waals surface area contributed by atoms with Gasteiger partial charge in [-0.25, -0.2) is 0 Å². The molecule has 0 aliphatic rings. The number of ether oxygens (including phenoxy) is 3. The van der Waals surface area contributed by atoms with E-state index in [1.165, 1.54) is 7.11 Å². The Morgan fingerprint density at radius 1 is 1.17 bits per heavy atom. The third kappa shape index (κ3) is 4.91. The molecule has 0 aliphatic carbocycles. The summed E-state index contributed by atoms with van der Waals surface area (Å²) in [6.07, 6.45) is 0. The maximum atomic E-state index is 12.3. The van der Waals surface area contributed by atoms with Crippen molar-refractivity contribution in [3.8, 4) is 17.2 Å². The van der Waals surface area contributed by atoms with Gasteiger partial charge in [0.05, 0.1) is 26.3 Å². The van der Waals surface area contributed by atoms with Crippen LogP contribution in [0.4, 0.5) is 0 Å². The number of hydrogen-bond donors (Lipinski definition) is 1. The van der Waals surface area contributed by atoms with Crippen molar-refractivity contribution in [1.82, 2.24) is 5.32 Å². The van der Waals surface area contributed by atoms with Gasteiger partial charge in [0.25, 0.3) is 5.91 Å². The van der Waals surface area contributed by atoms with Crippen LogP contribution < -0.4 is 19.5 Å². The molecule has 128 valence electrons. The molecule has 0 unspecified atom stereocenters. The highest BCUT2D eigenvalue weighted by Crippen LogP contribution is 2.31. The first-order chi connectivity index (χ1) is 11.5. The first-order valence-corrected chi connectivity index (χ1v) is 8.59. The number of nitrogens with one attached hydrogen (secondary N) is 1. The van der Waals surface area contributed by atoms with Crippen molar-refractivity contribution < 1.29 is 19.0 Å². The Bertz CT molecular complexity index is 724. The number of amides is 1. The van der Waals surface area contributed by atoms with Crippen molar-refractivity contribution in [2.45, 2.75) is 0 Å². The zero-order valence-electron chi connectivity index (χ0n) is 13.3. The summed E-state index contributed by atoms with van der Waals surface area (Å²) in [6.45, 7) is 0.714. The van der Waals surface area contributed by atoms with Crippen LogP contribution in [0.3, 0.4) is 0 Å². The molecule has 0 atom stereocenters. The molecule has 0 aromatic heterocycles. The number of rotatable bonds is 7. The smallest absolute Gasteiger partial charge is 0.252 e. The minimum Gasteiger partial charge on any atom is -0.493 e. The van der Waals surface area contributed by atoms with E-state index in [-0.39, 0.29) is 5.91 Å². The summed E-state index contributed by atoms with van der Waals surface area (Å²) in [5.41, 5.74) is 0.524. The van der Waals surface area contributed by atoms with Gasteiger partial charge in [0, 0.05) is 8.59 Å². The molecule has 0 saturated carbocycles. The van der Waals surface area contributed by atoms with Crippen LogP contribution in [0, 0.1) is 3.57 Å². The minimum absolute atomic E-state index is 0.199. The predicted octanol–water partition coefficient (Wildman–Crippen LogP) is 3.77. The minimum atomic E-state index is -0.199. The molecule has 0 radical (unpaired) electrons. The Morgan fingerprint density at radius 3 is 2.54 bits per heavy atom. The molecular weight excluding hydrogens is 445 g/mol. The normalized spacial score (nSPS) is 10.2. The molecule has 7 heteroatoms. The van der Waals surface area contributed by atoms with E-state index in [1.54, 1.807) is 31.4 Å². The Hall–Kier alpha value is -1.67. The number of benzene rings is 2. The maximum Gasteiger partial charge on any atom is 0.252 e. The number of carbonyl (C=O) groups is 1. The second kappa shape index (κ2) is 8.98. The highest BCUT2D eigenvalue weighted by molar-refractivity contribution is 14.1. The predicted molar refractivity (Wildman–Crippen MR) is 102 cm³/mol. The van der Waals surface area contributed by atoms with Gasteiger partial charge in [0.1, 0.15) is 12.4 Å². The molecule has 24 heavy (non-hydrogen) atoms. The lowest BCUT2D eigenvalue weighted by molar-refractivity contribution is 0.0945. The number of hydrogen-bond acceptors (Lipinski definition) is 4. The summed E-state index contributed by atoms with van der Waals surface area (Å²) in [6, 6.07) is 10.5. The molecule has 0 saturated heterocycles. The summed E-state index contributed by atoms with van der Waals surface area (Å²) in [4.78, 5) is 12.3. The van der Waals surface area contributed by atoms with Crippen LogP contribution in [-0.4, -0.2) is 33.3 Å². The van der Waals surface area contributed by atoms with Gasteiger partial charge >= 0.3 is 0 Å². The van der Waals surface area contributed by atoms with E-state index in [4.69, 9.17) is 25.8 Å². The van der Waals surface area contributed by atoms with Gasteiger partial charge in [-0.1, -0.05) is 17.7 Å². The molecule has 0 bridgehead atoms. The largest absolute Gasteiger partial charge is 0.493 e. The van der Waals surface area contributed by atoms with Gasteiger partial charge in [-0.15, -0.1) is 0 Å². The first-order valence-electron chi connectivity index (χ1n) is 7.13. The first kappa shape index (κ1) is 18.7. The van der Waals surface area contributed by atoms with Crippen LogP contribution >= 0.6 is 34.2 Å². The summed E-state index contributed by atoms with van der Waals surface area (Å²) in [5.74, 6) is 1.56. The van der Waals surface area contributed by atoms with E-state index >= 15 is 0 Å². The topological polar surface area (TPSA) is 56.8 Å². The van der Waals surface area contributed by atoms with Gasteiger partial charge in [0.15, 0.2) is 11.5 Å². The maximum absolute atomic E-state index is 12.3. The molecular formula is C17H17ClINO4. The summed E-state index contributed by atoms with van der Waals surface area (Å²) in [7, 11) is 3.09. The van der Waals surface area contributed by atoms with Crippen LogP contribution in [0.1, 0.15) is 10.4 Å². The third-order valence-corrected chi connectivity index (χ3v) is 4.30. The molecule has 0 fully saturated rings. The molecule has 2 aromatic carbocycles. The van der Waals surface area contributed by atoms with Crippen LogP contribution in [0.2, 0.25) is 5.02 Å². The summed E-state index contributed by atoms with van der Waals surface area (Å²) in [5, 5.41) is 3.42. The fourth-order valence-corrected chi connectivity index (χ4v) is 2.88. The average molecular weight is 462 g/mol. The third-order valence-electron chi connectivity index (χ3n) is 3.17. The lowest BCUT2D eigenvalue weighted by atomic mass is 10.2. The Morgan fingerprint density at radius 2 is 1.88 bits per heavy atom. The van der Waals surface area contributed by atoms with Gasteiger partial charge in [-0.3, -0.25) is 4.79 Å². The molecule has 2 aromatic rings. The zero-order valence-corrected chi connectivity index (χ0v) is 16.2. The molecule has 0 aliphatic heterocycles. The van der Waals surface area contributed by atoms with E-state index in [0.29, 0.717) is 41.0 Å². The Balaban J connectivity index is 1.93. The van der Waals surface area contributed by atoms with Crippen molar-refractivity contribution in [3.63, 3.8) is 0 Å². The van der Waals surface area contributed by atoms with E-state index in [2.05, 4.69) is 27.9 Å². The quantitative estimate of drug-likeness (QED) is 0.504. The van der Waals surface area contributed by atoms with Crippen molar-refractivity contribution in [3.05, 3.63) is 50.6 Å². The molecule has 5 nitrogen and oxygen atoms in total. The van der Waals surface area contributed by atoms with Crippen LogP contribution in [-0.2, 0) is 0 Å².